The van der Waals surface area contributed by atoms with Crippen LogP contribution in [-0.4, -0.2) is 0 Å². The summed E-state index contributed by atoms with van der Waals surface area (Å²) in [5.74, 6) is 0.270. The molecule has 0 aliphatic rings. The second kappa shape index (κ2) is 6.21. The van der Waals surface area contributed by atoms with Crippen LogP contribution in [-0.2, 0) is 0 Å². The maximum Gasteiger partial charge on any atom is 0.0373 e. The molecule has 2 atom stereocenters. The Morgan fingerprint density at radius 1 is 1.00 bits per heavy atom. The Labute approximate surface area is 131 Å². The summed E-state index contributed by atoms with van der Waals surface area (Å²) < 4.78 is 2.17. The quantitative estimate of drug-likeness (QED) is 0.763. The largest absolute Gasteiger partial charge is 0.323 e. The third-order valence-corrected chi connectivity index (χ3v) is 5.04. The Hall–Kier alpha value is -0.640. The van der Waals surface area contributed by atoms with Crippen LogP contribution in [0.3, 0.4) is 0 Å². The summed E-state index contributed by atoms with van der Waals surface area (Å²) >= 11 is 7.20. The summed E-state index contributed by atoms with van der Waals surface area (Å²) in [6.45, 7) is 4.24. The molecule has 0 fully saturated rings. The first-order valence-electron chi connectivity index (χ1n) is 6.26. The van der Waals surface area contributed by atoms with E-state index in [-0.39, 0.29) is 12.0 Å². The average molecular weight is 383 g/mol. The Morgan fingerprint density at radius 3 is 2.26 bits per heavy atom. The van der Waals surface area contributed by atoms with E-state index in [9.17, 15) is 0 Å². The van der Waals surface area contributed by atoms with Crippen molar-refractivity contribution in [3.05, 3.63) is 68.1 Å². The third kappa shape index (κ3) is 3.28. The Morgan fingerprint density at radius 2 is 1.63 bits per heavy atom. The molecule has 1 nitrogen and oxygen atoms in total. The molecule has 0 saturated heterocycles. The smallest absolute Gasteiger partial charge is 0.0373 e. The van der Waals surface area contributed by atoms with Gasteiger partial charge in [-0.15, -0.1) is 0 Å². The lowest BCUT2D eigenvalue weighted by Gasteiger charge is -2.22. The molecule has 19 heavy (non-hydrogen) atoms. The van der Waals surface area contributed by atoms with Gasteiger partial charge < -0.3 is 5.73 Å². The van der Waals surface area contributed by atoms with E-state index in [2.05, 4.69) is 82.1 Å². The molecule has 2 N–H and O–H groups in total. The molecule has 0 aliphatic carbocycles. The minimum atomic E-state index is -0.0336. The number of nitrogens with two attached hydrogens (primary N) is 1. The van der Waals surface area contributed by atoms with Crippen molar-refractivity contribution in [1.82, 2.24) is 0 Å². The van der Waals surface area contributed by atoms with Crippen molar-refractivity contribution in [2.75, 3.05) is 0 Å². The van der Waals surface area contributed by atoms with Gasteiger partial charge in [-0.05, 0) is 35.7 Å². The summed E-state index contributed by atoms with van der Waals surface area (Å²) in [6.07, 6.45) is 0. The molecule has 0 spiro atoms. The fraction of sp³-hybridized carbons (Fsp3) is 0.250. The highest BCUT2D eigenvalue weighted by molar-refractivity contribution is 9.11. The van der Waals surface area contributed by atoms with E-state index in [1.807, 2.05) is 6.07 Å². The van der Waals surface area contributed by atoms with Crippen molar-refractivity contribution in [3.8, 4) is 0 Å². The zero-order chi connectivity index (χ0) is 14.0. The summed E-state index contributed by atoms with van der Waals surface area (Å²) in [5, 5.41) is 0. The fourth-order valence-electron chi connectivity index (χ4n) is 2.15. The highest BCUT2D eigenvalue weighted by Gasteiger charge is 2.19. The Kier molecular flexibility index (Phi) is 4.82. The maximum absolute atomic E-state index is 6.44. The first kappa shape index (κ1) is 14.8. The molecular formula is C16H17Br2N. The van der Waals surface area contributed by atoms with Crippen LogP contribution in [0, 0.1) is 6.92 Å². The standard InChI is InChI=1S/C16H17Br2N/c1-10-8-15(18)13(9-14(10)17)16(19)11(2)12-6-4-3-5-7-12/h3-9,11,16H,19H2,1-2H3. The van der Waals surface area contributed by atoms with Crippen molar-refractivity contribution in [2.24, 2.45) is 5.73 Å². The first-order chi connectivity index (χ1) is 9.00. The number of hydrogen-bond donors (Lipinski definition) is 1. The van der Waals surface area contributed by atoms with E-state index in [4.69, 9.17) is 5.73 Å². The molecule has 2 rings (SSSR count). The summed E-state index contributed by atoms with van der Waals surface area (Å²) in [5.41, 5.74) is 10.0. The first-order valence-corrected chi connectivity index (χ1v) is 7.85. The van der Waals surface area contributed by atoms with Crippen LogP contribution in [0.25, 0.3) is 0 Å². The van der Waals surface area contributed by atoms with Crippen LogP contribution in [0.2, 0.25) is 0 Å². The molecular weight excluding hydrogens is 366 g/mol. The van der Waals surface area contributed by atoms with E-state index in [0.717, 1.165) is 14.5 Å². The van der Waals surface area contributed by atoms with Crippen molar-refractivity contribution in [2.45, 2.75) is 25.8 Å². The number of halogens is 2. The Balaban J connectivity index is 2.34. The normalized spacial score (nSPS) is 14.2. The minimum Gasteiger partial charge on any atom is -0.323 e. The van der Waals surface area contributed by atoms with E-state index in [1.54, 1.807) is 0 Å². The predicted octanol–water partition coefficient (Wildman–Crippen LogP) is 5.32. The summed E-state index contributed by atoms with van der Waals surface area (Å²) in [4.78, 5) is 0. The number of aryl methyl sites for hydroxylation is 1. The minimum absolute atomic E-state index is 0.0336. The van der Waals surface area contributed by atoms with Crippen LogP contribution in [0.5, 0.6) is 0 Å². The van der Waals surface area contributed by atoms with Gasteiger partial charge in [0.2, 0.25) is 0 Å². The highest BCUT2D eigenvalue weighted by Crippen LogP contribution is 2.35. The van der Waals surface area contributed by atoms with Crippen molar-refractivity contribution < 1.29 is 0 Å². The SMILES string of the molecule is Cc1cc(Br)c(C(N)C(C)c2ccccc2)cc1Br. The molecule has 3 heteroatoms. The average Bonchev–Trinajstić information content (AvgIpc) is 2.42. The lowest BCUT2D eigenvalue weighted by atomic mass is 9.89. The zero-order valence-electron chi connectivity index (χ0n) is 11.0. The monoisotopic (exact) mass is 381 g/mol. The van der Waals surface area contributed by atoms with Crippen LogP contribution in [0.1, 0.15) is 35.6 Å². The van der Waals surface area contributed by atoms with E-state index < -0.39 is 0 Å². The Bertz CT molecular complexity index is 566. The zero-order valence-corrected chi connectivity index (χ0v) is 14.2. The number of benzene rings is 2. The van der Waals surface area contributed by atoms with Gasteiger partial charge in [0.05, 0.1) is 0 Å². The molecule has 0 bridgehead atoms. The second-order valence-corrected chi connectivity index (χ2v) is 6.56. The number of hydrogen-bond acceptors (Lipinski definition) is 1. The third-order valence-electron chi connectivity index (χ3n) is 3.50. The maximum atomic E-state index is 6.44. The van der Waals surface area contributed by atoms with E-state index in [0.29, 0.717) is 0 Å². The molecule has 0 aliphatic heterocycles. The van der Waals surface area contributed by atoms with E-state index >= 15 is 0 Å². The number of rotatable bonds is 3. The van der Waals surface area contributed by atoms with Crippen molar-refractivity contribution in [1.29, 1.82) is 0 Å². The van der Waals surface area contributed by atoms with Gasteiger partial charge in [0.25, 0.3) is 0 Å². The summed E-state index contributed by atoms with van der Waals surface area (Å²) in [6, 6.07) is 14.6. The van der Waals surface area contributed by atoms with Crippen LogP contribution in [0.15, 0.2) is 51.4 Å². The molecule has 2 aromatic rings. The highest BCUT2D eigenvalue weighted by atomic mass is 79.9. The topological polar surface area (TPSA) is 26.0 Å². The predicted molar refractivity (Wildman–Crippen MR) is 88.4 cm³/mol. The molecule has 0 aromatic heterocycles. The van der Waals surface area contributed by atoms with E-state index in [1.165, 1.54) is 11.1 Å². The molecule has 100 valence electrons. The molecule has 0 saturated carbocycles. The fourth-order valence-corrected chi connectivity index (χ4v) is 3.23. The van der Waals surface area contributed by atoms with Gasteiger partial charge in [0, 0.05) is 20.9 Å². The van der Waals surface area contributed by atoms with Gasteiger partial charge in [0.1, 0.15) is 0 Å². The second-order valence-electron chi connectivity index (χ2n) is 4.85. The molecule has 0 amide bonds. The van der Waals surface area contributed by atoms with Gasteiger partial charge in [-0.2, -0.15) is 0 Å². The molecule has 0 heterocycles. The van der Waals surface area contributed by atoms with Gasteiger partial charge in [-0.3, -0.25) is 0 Å². The van der Waals surface area contributed by atoms with Crippen molar-refractivity contribution in [3.63, 3.8) is 0 Å². The molecule has 0 radical (unpaired) electrons. The van der Waals surface area contributed by atoms with Gasteiger partial charge in [-0.1, -0.05) is 69.1 Å². The summed E-state index contributed by atoms with van der Waals surface area (Å²) in [7, 11) is 0. The lowest BCUT2D eigenvalue weighted by molar-refractivity contribution is 0.595. The van der Waals surface area contributed by atoms with Gasteiger partial charge in [-0.25, -0.2) is 0 Å². The van der Waals surface area contributed by atoms with Gasteiger partial charge >= 0.3 is 0 Å². The van der Waals surface area contributed by atoms with Crippen LogP contribution < -0.4 is 5.73 Å². The van der Waals surface area contributed by atoms with Crippen molar-refractivity contribution >= 4 is 31.9 Å². The molecule has 2 unspecified atom stereocenters. The lowest BCUT2D eigenvalue weighted by Crippen LogP contribution is -2.18. The van der Waals surface area contributed by atoms with Crippen LogP contribution >= 0.6 is 31.9 Å². The van der Waals surface area contributed by atoms with Crippen LogP contribution in [0.4, 0.5) is 0 Å². The molecule has 2 aromatic carbocycles. The van der Waals surface area contributed by atoms with Gasteiger partial charge in [0.15, 0.2) is 0 Å².